The van der Waals surface area contributed by atoms with Gasteiger partial charge in [0.25, 0.3) is 0 Å². The van der Waals surface area contributed by atoms with Crippen LogP contribution >= 0.6 is 11.6 Å². The summed E-state index contributed by atoms with van der Waals surface area (Å²) in [7, 11) is 0. The number of halogens is 1. The molecule has 1 unspecified atom stereocenters. The quantitative estimate of drug-likeness (QED) is 0.872. The average Bonchev–Trinajstić information content (AvgIpc) is 3.06. The molecule has 0 amide bonds. The van der Waals surface area contributed by atoms with Crippen LogP contribution in [0.15, 0.2) is 18.2 Å². The number of nitrogen functional groups attached to an aromatic ring is 1. The third-order valence-corrected chi connectivity index (χ3v) is 3.70. The molecule has 0 saturated carbocycles. The lowest BCUT2D eigenvalue weighted by Crippen LogP contribution is -2.09. The fourth-order valence-corrected chi connectivity index (χ4v) is 2.66. The van der Waals surface area contributed by atoms with Crippen LogP contribution in [-0.2, 0) is 11.3 Å². The van der Waals surface area contributed by atoms with Crippen LogP contribution in [0.3, 0.4) is 0 Å². The van der Waals surface area contributed by atoms with Gasteiger partial charge in [-0.25, -0.2) is 4.68 Å². The molecular formula is C13H16ClN5O. The number of hydrogen-bond donors (Lipinski definition) is 1. The van der Waals surface area contributed by atoms with Crippen LogP contribution in [0.5, 0.6) is 0 Å². The van der Waals surface area contributed by atoms with Gasteiger partial charge < -0.3 is 10.5 Å². The molecule has 2 heterocycles. The van der Waals surface area contributed by atoms with E-state index in [1.807, 2.05) is 12.1 Å². The molecule has 0 bridgehead atoms. The highest BCUT2D eigenvalue weighted by atomic mass is 35.5. The van der Waals surface area contributed by atoms with Crippen molar-refractivity contribution in [3.05, 3.63) is 23.2 Å². The summed E-state index contributed by atoms with van der Waals surface area (Å²) >= 11 is 6.03. The predicted molar refractivity (Wildman–Crippen MR) is 76.2 cm³/mol. The fraction of sp³-hybridized carbons (Fsp3) is 0.462. The van der Waals surface area contributed by atoms with Gasteiger partial charge in [0.1, 0.15) is 0 Å². The topological polar surface area (TPSA) is 78.9 Å². The molecule has 2 aromatic rings. The molecular weight excluding hydrogens is 278 g/mol. The second-order valence-corrected chi connectivity index (χ2v) is 5.45. The summed E-state index contributed by atoms with van der Waals surface area (Å²) in [6.45, 7) is 2.46. The van der Waals surface area contributed by atoms with Crippen LogP contribution in [0.2, 0.25) is 5.02 Å². The molecule has 1 aliphatic heterocycles. The first-order valence-electron chi connectivity index (χ1n) is 6.63. The number of benzene rings is 1. The van der Waals surface area contributed by atoms with Crippen molar-refractivity contribution in [1.29, 1.82) is 0 Å². The van der Waals surface area contributed by atoms with Gasteiger partial charge in [0, 0.05) is 36.0 Å². The molecule has 1 aliphatic rings. The van der Waals surface area contributed by atoms with E-state index < -0.39 is 0 Å². The SMILES string of the molecule is Nc1cc(Cl)cc(-c2nnnn2CCC2CCOC2)c1. The molecule has 0 radical (unpaired) electrons. The lowest BCUT2D eigenvalue weighted by molar-refractivity contribution is 0.183. The first-order valence-corrected chi connectivity index (χ1v) is 7.00. The van der Waals surface area contributed by atoms with Gasteiger partial charge in [0.2, 0.25) is 0 Å². The fourth-order valence-electron chi connectivity index (χ4n) is 2.42. The molecule has 1 saturated heterocycles. The van der Waals surface area contributed by atoms with Gasteiger partial charge in [0.15, 0.2) is 5.82 Å². The zero-order valence-corrected chi connectivity index (χ0v) is 11.8. The molecule has 1 fully saturated rings. The molecule has 1 atom stereocenters. The van der Waals surface area contributed by atoms with Crippen molar-refractivity contribution in [3.8, 4) is 11.4 Å². The van der Waals surface area contributed by atoms with Gasteiger partial charge in [-0.05, 0) is 47.4 Å². The Hall–Kier alpha value is -1.66. The monoisotopic (exact) mass is 293 g/mol. The van der Waals surface area contributed by atoms with Gasteiger partial charge in [-0.15, -0.1) is 5.10 Å². The summed E-state index contributed by atoms with van der Waals surface area (Å²) < 4.78 is 7.17. The Morgan fingerprint density at radius 1 is 1.40 bits per heavy atom. The van der Waals surface area contributed by atoms with E-state index in [-0.39, 0.29) is 0 Å². The van der Waals surface area contributed by atoms with Crippen LogP contribution in [0.1, 0.15) is 12.8 Å². The maximum absolute atomic E-state index is 6.03. The van der Waals surface area contributed by atoms with E-state index in [0.717, 1.165) is 38.2 Å². The molecule has 1 aromatic heterocycles. The van der Waals surface area contributed by atoms with E-state index in [1.54, 1.807) is 10.7 Å². The predicted octanol–water partition coefficient (Wildman–Crippen LogP) is 2.00. The second-order valence-electron chi connectivity index (χ2n) is 5.02. The third-order valence-electron chi connectivity index (χ3n) is 3.48. The highest BCUT2D eigenvalue weighted by molar-refractivity contribution is 6.31. The van der Waals surface area contributed by atoms with Crippen LogP contribution in [0.4, 0.5) is 5.69 Å². The minimum absolute atomic E-state index is 0.582. The molecule has 0 aliphatic carbocycles. The summed E-state index contributed by atoms with van der Waals surface area (Å²) in [6.07, 6.45) is 2.12. The lowest BCUT2D eigenvalue weighted by Gasteiger charge is -2.09. The lowest BCUT2D eigenvalue weighted by atomic mass is 10.1. The minimum atomic E-state index is 0.582. The summed E-state index contributed by atoms with van der Waals surface area (Å²) in [6, 6.07) is 5.35. The smallest absolute Gasteiger partial charge is 0.182 e. The Labute approximate surface area is 121 Å². The Balaban J connectivity index is 1.78. The maximum atomic E-state index is 6.03. The van der Waals surface area contributed by atoms with E-state index in [4.69, 9.17) is 22.1 Å². The summed E-state index contributed by atoms with van der Waals surface area (Å²) in [5, 5.41) is 12.4. The first-order chi connectivity index (χ1) is 9.72. The van der Waals surface area contributed by atoms with Crippen LogP contribution in [-0.4, -0.2) is 33.4 Å². The molecule has 6 nitrogen and oxygen atoms in total. The molecule has 0 spiro atoms. The number of tetrazole rings is 1. The largest absolute Gasteiger partial charge is 0.399 e. The van der Waals surface area contributed by atoms with Crippen molar-refractivity contribution in [3.63, 3.8) is 0 Å². The average molecular weight is 294 g/mol. The number of aryl methyl sites for hydroxylation is 1. The molecule has 2 N–H and O–H groups in total. The number of nitrogens with two attached hydrogens (primary N) is 1. The molecule has 106 valence electrons. The summed E-state index contributed by atoms with van der Waals surface area (Å²) in [5.74, 6) is 1.29. The number of rotatable bonds is 4. The van der Waals surface area contributed by atoms with Crippen molar-refractivity contribution >= 4 is 17.3 Å². The zero-order chi connectivity index (χ0) is 13.9. The van der Waals surface area contributed by atoms with Crippen LogP contribution in [0, 0.1) is 5.92 Å². The van der Waals surface area contributed by atoms with Gasteiger partial charge in [0.05, 0.1) is 0 Å². The minimum Gasteiger partial charge on any atom is -0.399 e. The second kappa shape index (κ2) is 5.76. The van der Waals surface area contributed by atoms with Gasteiger partial charge in [-0.2, -0.15) is 0 Å². The highest BCUT2D eigenvalue weighted by Gasteiger charge is 2.17. The number of hydrogen-bond acceptors (Lipinski definition) is 5. The summed E-state index contributed by atoms with van der Waals surface area (Å²) in [5.41, 5.74) is 7.25. The Morgan fingerprint density at radius 3 is 3.05 bits per heavy atom. The Kier molecular flexibility index (Phi) is 3.84. The van der Waals surface area contributed by atoms with Crippen molar-refractivity contribution in [2.75, 3.05) is 18.9 Å². The van der Waals surface area contributed by atoms with E-state index in [9.17, 15) is 0 Å². The van der Waals surface area contributed by atoms with E-state index in [2.05, 4.69) is 15.5 Å². The standard InChI is InChI=1S/C13H16ClN5O/c14-11-5-10(6-12(15)7-11)13-16-17-18-19(13)3-1-9-2-4-20-8-9/h5-7,9H,1-4,8,15H2. The zero-order valence-electron chi connectivity index (χ0n) is 11.0. The van der Waals surface area contributed by atoms with E-state index in [1.165, 1.54) is 0 Å². The number of anilines is 1. The number of nitrogens with zero attached hydrogens (tertiary/aromatic N) is 4. The maximum Gasteiger partial charge on any atom is 0.182 e. The van der Waals surface area contributed by atoms with Gasteiger partial charge >= 0.3 is 0 Å². The van der Waals surface area contributed by atoms with Crippen molar-refractivity contribution < 1.29 is 4.74 Å². The van der Waals surface area contributed by atoms with Crippen molar-refractivity contribution in [1.82, 2.24) is 20.2 Å². The first kappa shape index (κ1) is 13.3. The van der Waals surface area contributed by atoms with Crippen LogP contribution in [0.25, 0.3) is 11.4 Å². The molecule has 20 heavy (non-hydrogen) atoms. The third kappa shape index (κ3) is 2.91. The Bertz CT molecular complexity index is 574. The normalized spacial score (nSPS) is 18.6. The van der Waals surface area contributed by atoms with Gasteiger partial charge in [-0.1, -0.05) is 11.6 Å². The van der Waals surface area contributed by atoms with Gasteiger partial charge in [-0.3, -0.25) is 0 Å². The Morgan fingerprint density at radius 2 is 2.30 bits per heavy atom. The van der Waals surface area contributed by atoms with E-state index >= 15 is 0 Å². The molecule has 7 heteroatoms. The van der Waals surface area contributed by atoms with Crippen molar-refractivity contribution in [2.45, 2.75) is 19.4 Å². The molecule has 3 rings (SSSR count). The van der Waals surface area contributed by atoms with Crippen molar-refractivity contribution in [2.24, 2.45) is 5.92 Å². The van der Waals surface area contributed by atoms with E-state index in [0.29, 0.717) is 22.5 Å². The van der Waals surface area contributed by atoms with Crippen LogP contribution < -0.4 is 5.73 Å². The summed E-state index contributed by atoms with van der Waals surface area (Å²) in [4.78, 5) is 0. The number of ether oxygens (including phenoxy) is 1. The highest BCUT2D eigenvalue weighted by Crippen LogP contribution is 2.25. The number of aromatic nitrogens is 4. The molecule has 1 aromatic carbocycles.